The Bertz CT molecular complexity index is 2130. The molecular weight excluding hydrogens is 968 g/mol. The van der Waals surface area contributed by atoms with Crippen molar-refractivity contribution in [3.63, 3.8) is 0 Å². The Labute approximate surface area is 423 Å². The number of cyclic esters (lactones) is 1. The van der Waals surface area contributed by atoms with Gasteiger partial charge in [0.05, 0.1) is 18.3 Å². The van der Waals surface area contributed by atoms with Crippen molar-refractivity contribution >= 4 is 39.3 Å². The largest absolute Gasteiger partial charge is 0.523 e. The zero-order chi connectivity index (χ0) is 53.9. The summed E-state index contributed by atoms with van der Waals surface area (Å²) in [5.74, 6) is -9.68. The minimum absolute atomic E-state index is 0.0182. The zero-order valence-corrected chi connectivity index (χ0v) is 44.2. The van der Waals surface area contributed by atoms with E-state index in [1.807, 2.05) is 44.2 Å². The molecule has 15 atom stereocenters. The van der Waals surface area contributed by atoms with Gasteiger partial charge in [-0.25, -0.2) is 4.79 Å². The van der Waals surface area contributed by atoms with E-state index in [4.69, 9.17) is 23.7 Å². The highest BCUT2D eigenvalue weighted by Gasteiger charge is 2.54. The van der Waals surface area contributed by atoms with Crippen LogP contribution in [-0.4, -0.2) is 141 Å². The number of aliphatic hydroxyl groups excluding tert-OH is 1. The van der Waals surface area contributed by atoms with Crippen LogP contribution in [0.2, 0.25) is 0 Å². The Morgan fingerprint density at radius 2 is 1.56 bits per heavy atom. The van der Waals surface area contributed by atoms with Crippen molar-refractivity contribution in [2.24, 2.45) is 35.5 Å². The number of alkyl halides is 3. The number of allylic oxidation sites excluding steroid dienone is 6. The maximum Gasteiger partial charge on any atom is 0.523 e. The van der Waals surface area contributed by atoms with Crippen molar-refractivity contribution in [2.75, 3.05) is 27.9 Å². The first-order valence-electron chi connectivity index (χ1n) is 25.2. The average molecular weight is 1050 g/mol. The van der Waals surface area contributed by atoms with E-state index >= 15 is 0 Å². The molecule has 4 aliphatic rings. The van der Waals surface area contributed by atoms with Gasteiger partial charge in [-0.3, -0.25) is 23.4 Å². The first-order valence-corrected chi connectivity index (χ1v) is 26.6. The Hall–Kier alpha value is -3.63. The van der Waals surface area contributed by atoms with Crippen molar-refractivity contribution in [2.45, 2.75) is 186 Å². The number of fused-ring (bicyclic) bond motifs is 3. The van der Waals surface area contributed by atoms with E-state index in [-0.39, 0.29) is 74.7 Å². The summed E-state index contributed by atoms with van der Waals surface area (Å²) in [4.78, 5) is 72.0. The van der Waals surface area contributed by atoms with Crippen LogP contribution in [0.4, 0.5) is 13.2 Å². The van der Waals surface area contributed by atoms with Crippen LogP contribution in [0.1, 0.15) is 126 Å². The molecule has 1 aliphatic carbocycles. The highest BCUT2D eigenvalue weighted by atomic mass is 32.2. The number of ketones is 3. The number of hydrogen-bond donors (Lipinski definition) is 2. The van der Waals surface area contributed by atoms with Crippen molar-refractivity contribution in [1.82, 2.24) is 4.90 Å². The molecule has 16 nitrogen and oxygen atoms in total. The monoisotopic (exact) mass is 1050 g/mol. The molecule has 3 heterocycles. The topological polar surface area (TPSA) is 219 Å². The maximum atomic E-state index is 14.4. The normalized spacial score (nSPS) is 35.8. The second-order valence-corrected chi connectivity index (χ2v) is 22.1. The van der Waals surface area contributed by atoms with Gasteiger partial charge in [-0.15, -0.1) is 0 Å². The molecule has 20 heteroatoms. The van der Waals surface area contributed by atoms with Gasteiger partial charge in [-0.05, 0) is 107 Å². The van der Waals surface area contributed by atoms with Crippen molar-refractivity contribution in [3.8, 4) is 0 Å². The van der Waals surface area contributed by atoms with E-state index in [0.29, 0.717) is 32.1 Å². The van der Waals surface area contributed by atoms with Crippen LogP contribution in [0.3, 0.4) is 0 Å². The molecule has 2 bridgehead atoms. The van der Waals surface area contributed by atoms with E-state index < -0.39 is 117 Å². The minimum Gasteiger partial charge on any atom is -0.460 e. The fraction of sp³-hybridized carbons (Fsp3) is 0.750. The molecule has 408 valence electrons. The molecule has 0 unspecified atom stereocenters. The van der Waals surface area contributed by atoms with E-state index in [2.05, 4.69) is 4.18 Å². The van der Waals surface area contributed by atoms with Gasteiger partial charge in [0, 0.05) is 58.5 Å². The first-order chi connectivity index (χ1) is 33.7. The number of amides is 1. The molecule has 1 amide bonds. The molecule has 0 aromatic carbocycles. The molecular formula is C52H78F3NO15S. The minimum atomic E-state index is -5.91. The van der Waals surface area contributed by atoms with Gasteiger partial charge in [-0.1, -0.05) is 71.1 Å². The quantitative estimate of drug-likeness (QED) is 0.0818. The van der Waals surface area contributed by atoms with Crippen LogP contribution in [0.5, 0.6) is 0 Å². The summed E-state index contributed by atoms with van der Waals surface area (Å²) in [5.41, 5.74) is -4.52. The summed E-state index contributed by atoms with van der Waals surface area (Å²) in [6.07, 6.45) is 6.01. The lowest BCUT2D eigenvalue weighted by Gasteiger charge is -2.42. The number of ether oxygens (including phenoxy) is 5. The van der Waals surface area contributed by atoms with Gasteiger partial charge >= 0.3 is 21.6 Å². The highest BCUT2D eigenvalue weighted by molar-refractivity contribution is 7.87. The van der Waals surface area contributed by atoms with E-state index in [0.717, 1.165) is 10.5 Å². The van der Waals surface area contributed by atoms with E-state index in [1.54, 1.807) is 34.6 Å². The van der Waals surface area contributed by atoms with Crippen LogP contribution >= 0.6 is 0 Å². The average Bonchev–Trinajstić information content (AvgIpc) is 3.32. The van der Waals surface area contributed by atoms with Gasteiger partial charge in [0.1, 0.15) is 36.2 Å². The number of rotatable bonds is 8. The van der Waals surface area contributed by atoms with E-state index in [9.17, 15) is 55.8 Å². The van der Waals surface area contributed by atoms with Gasteiger partial charge in [-0.2, -0.15) is 21.6 Å². The molecule has 72 heavy (non-hydrogen) atoms. The third-order valence-electron chi connectivity index (χ3n) is 15.0. The van der Waals surface area contributed by atoms with Crippen LogP contribution in [0.15, 0.2) is 47.6 Å². The number of Topliss-reactive ketones (excluding diaryl/α,β-unsaturated/α-hetero) is 3. The summed E-state index contributed by atoms with van der Waals surface area (Å²) in [7, 11) is -1.83. The number of nitrogens with zero attached hydrogens (tertiary/aromatic N) is 1. The van der Waals surface area contributed by atoms with Gasteiger partial charge in [0.2, 0.25) is 5.79 Å². The number of esters is 1. The van der Waals surface area contributed by atoms with Crippen LogP contribution in [0, 0.1) is 35.5 Å². The SMILES string of the molecule is CO[C@H]1C[C@@H]2CC[C@@H](C)[C@@](O)(O2)C(=O)C(=O)N2CCCC[C@H]2C(=O)O[C@H]([C@H](C)C[C@@H]2CC[C@@H](OS(=O)(=O)C(F)(F)F)[C@H](OC)C2)CC(=O)[C@H](C)C=C(C)[C@@H](O)[C@@H](OC)C(=O)[C@H](C)C[C@H](C)C=CC=CC=C1C. The summed E-state index contributed by atoms with van der Waals surface area (Å²) < 4.78 is 97.1. The molecule has 1 saturated carbocycles. The Kier molecular flexibility index (Phi) is 22.6. The van der Waals surface area contributed by atoms with Crippen LogP contribution < -0.4 is 0 Å². The second kappa shape index (κ2) is 26.7. The molecule has 3 fully saturated rings. The second-order valence-electron chi connectivity index (χ2n) is 20.6. The number of halogens is 3. The molecule has 0 aromatic heterocycles. The third-order valence-corrected chi connectivity index (χ3v) is 16.1. The lowest BCUT2D eigenvalue weighted by molar-refractivity contribution is -0.265. The Morgan fingerprint density at radius 3 is 2.19 bits per heavy atom. The molecule has 0 radical (unpaired) electrons. The predicted octanol–water partition coefficient (Wildman–Crippen LogP) is 7.05. The highest BCUT2D eigenvalue weighted by Crippen LogP contribution is 2.39. The fourth-order valence-corrected chi connectivity index (χ4v) is 11.1. The molecule has 2 saturated heterocycles. The molecule has 0 spiro atoms. The number of methoxy groups -OCH3 is 3. The predicted molar refractivity (Wildman–Crippen MR) is 259 cm³/mol. The number of carbonyl (C=O) groups excluding carboxylic acids is 5. The standard InChI is InChI=1S/C52H78F3NO15S/c1-30-16-12-11-13-17-31(2)42(66-8)28-38-21-19-36(7)51(63,70-38)48(60)49(61)56-23-15-14-18-39(56)50(62)69-43(29-40(57)32(3)25-35(6)46(59)47(68-10)45(58)34(5)24-30)33(4)26-37-20-22-41(44(27-37)67-9)71-72(64,65)52(53,54)55/h11-13,16-17,25,30,32-34,36-39,41-44,46-47,59,63H,14-15,18-24,26-29H2,1-10H3/t30-,32-,33-,34-,36-,37+,38+,39+,41-,42+,43+,44-,46-,47+,51-/m1/s1. The van der Waals surface area contributed by atoms with Gasteiger partial charge in [0.15, 0.2) is 5.78 Å². The number of carbonyl (C=O) groups is 5. The third kappa shape index (κ3) is 15.7. The van der Waals surface area contributed by atoms with Crippen molar-refractivity contribution in [1.29, 1.82) is 0 Å². The summed E-state index contributed by atoms with van der Waals surface area (Å²) in [6, 6.07) is -1.28. The smallest absolute Gasteiger partial charge is 0.460 e. The zero-order valence-electron chi connectivity index (χ0n) is 43.4. The molecule has 2 N–H and O–H groups in total. The Balaban J connectivity index is 1.70. The van der Waals surface area contributed by atoms with Gasteiger partial charge < -0.3 is 38.8 Å². The Morgan fingerprint density at radius 1 is 0.861 bits per heavy atom. The maximum absolute atomic E-state index is 14.4. The first kappa shape index (κ1) is 60.9. The molecule has 3 aliphatic heterocycles. The van der Waals surface area contributed by atoms with E-state index in [1.165, 1.54) is 27.4 Å². The number of piperidine rings is 1. The number of hydrogen-bond acceptors (Lipinski definition) is 15. The van der Waals surface area contributed by atoms with Crippen molar-refractivity contribution in [3.05, 3.63) is 47.6 Å². The summed E-state index contributed by atoms with van der Waals surface area (Å²) >= 11 is 0. The lowest BCUT2D eigenvalue weighted by Crippen LogP contribution is -2.61. The van der Waals surface area contributed by atoms with Crippen LogP contribution in [0.25, 0.3) is 0 Å². The lowest BCUT2D eigenvalue weighted by atomic mass is 9.78. The van der Waals surface area contributed by atoms with Gasteiger partial charge in [0.25, 0.3) is 11.7 Å². The summed E-state index contributed by atoms with van der Waals surface area (Å²) in [6.45, 7) is 12.1. The number of aliphatic hydroxyl groups is 2. The molecule has 4 rings (SSSR count). The van der Waals surface area contributed by atoms with Crippen molar-refractivity contribution < 1.29 is 83.6 Å². The molecule has 0 aromatic rings. The summed E-state index contributed by atoms with van der Waals surface area (Å²) in [5, 5.41) is 23.4. The van der Waals surface area contributed by atoms with Crippen LogP contribution in [-0.2, 0) is 62.0 Å². The fourth-order valence-electron chi connectivity index (χ4n) is 10.4.